The van der Waals surface area contributed by atoms with E-state index in [4.69, 9.17) is 4.74 Å². The summed E-state index contributed by atoms with van der Waals surface area (Å²) in [6, 6.07) is 2.68. The zero-order valence-corrected chi connectivity index (χ0v) is 15.7. The highest BCUT2D eigenvalue weighted by Crippen LogP contribution is 2.57. The third-order valence-electron chi connectivity index (χ3n) is 6.00. The lowest BCUT2D eigenvalue weighted by Crippen LogP contribution is -2.46. The van der Waals surface area contributed by atoms with E-state index in [2.05, 4.69) is 15.3 Å². The van der Waals surface area contributed by atoms with E-state index in [-0.39, 0.29) is 5.41 Å². The van der Waals surface area contributed by atoms with Gasteiger partial charge in [-0.25, -0.2) is 14.7 Å². The zero-order chi connectivity index (χ0) is 19.6. The smallest absolute Gasteiger partial charge is 0.327 e. The Morgan fingerprint density at radius 2 is 2.07 bits per heavy atom. The van der Waals surface area contributed by atoms with Gasteiger partial charge < -0.3 is 10.1 Å². The number of hydrogen-bond acceptors (Lipinski definition) is 5. The van der Waals surface area contributed by atoms with Gasteiger partial charge in [0.05, 0.1) is 18.5 Å². The van der Waals surface area contributed by atoms with Gasteiger partial charge in [0.1, 0.15) is 11.8 Å². The number of hydrogen-bond donors (Lipinski definition) is 1. The first kappa shape index (κ1) is 17.1. The summed E-state index contributed by atoms with van der Waals surface area (Å²) in [5.41, 5.74) is 3.48. The van der Waals surface area contributed by atoms with Gasteiger partial charge in [-0.1, -0.05) is 19.1 Å². The molecule has 0 aromatic heterocycles. The van der Waals surface area contributed by atoms with E-state index in [9.17, 15) is 14.4 Å². The Bertz CT molecular complexity index is 992. The van der Waals surface area contributed by atoms with Crippen LogP contribution < -0.4 is 10.1 Å². The summed E-state index contributed by atoms with van der Waals surface area (Å²) in [6.45, 7) is 4.45. The average molecular weight is 380 g/mol. The molecular weight excluding hydrogens is 360 g/mol. The first-order valence-corrected chi connectivity index (χ1v) is 9.52. The van der Waals surface area contributed by atoms with Crippen molar-refractivity contribution in [3.05, 3.63) is 28.8 Å². The lowest BCUT2D eigenvalue weighted by molar-refractivity contribution is -0.134. The van der Waals surface area contributed by atoms with E-state index in [0.29, 0.717) is 18.7 Å². The number of aryl methyl sites for hydroxylation is 1. The maximum atomic E-state index is 12.7. The molecule has 1 saturated heterocycles. The molecule has 1 N–H and O–H groups in total. The van der Waals surface area contributed by atoms with Crippen molar-refractivity contribution in [2.75, 3.05) is 6.61 Å². The van der Waals surface area contributed by atoms with Crippen LogP contribution in [-0.4, -0.2) is 53.5 Å². The maximum absolute atomic E-state index is 12.7. The quantitative estimate of drug-likeness (QED) is 0.803. The molecule has 2 fully saturated rings. The van der Waals surface area contributed by atoms with Crippen LogP contribution in [0.15, 0.2) is 22.1 Å². The summed E-state index contributed by atoms with van der Waals surface area (Å²) in [5.74, 6) is -0.181. The molecule has 8 heteroatoms. The molecule has 3 aliphatic heterocycles. The topological polar surface area (TPSA) is 100 Å². The number of nitrogens with one attached hydrogen (secondary N) is 1. The molecule has 8 nitrogen and oxygen atoms in total. The predicted octanol–water partition coefficient (Wildman–Crippen LogP) is 1.48. The zero-order valence-electron chi connectivity index (χ0n) is 15.7. The van der Waals surface area contributed by atoms with Crippen molar-refractivity contribution in [1.82, 2.24) is 10.2 Å². The van der Waals surface area contributed by atoms with Gasteiger partial charge in [0.25, 0.3) is 11.8 Å². The largest absolute Gasteiger partial charge is 0.492 e. The number of carbonyl (C=O) groups is 3. The number of ether oxygens (including phenoxy) is 1. The van der Waals surface area contributed by atoms with Crippen molar-refractivity contribution in [1.29, 1.82) is 0 Å². The number of urea groups is 1. The van der Waals surface area contributed by atoms with Gasteiger partial charge in [-0.15, -0.1) is 0 Å². The predicted molar refractivity (Wildman–Crippen MR) is 101 cm³/mol. The van der Waals surface area contributed by atoms with Crippen LogP contribution in [0.4, 0.5) is 4.79 Å². The molecule has 0 bridgehead atoms. The molecule has 28 heavy (non-hydrogen) atoms. The summed E-state index contributed by atoms with van der Waals surface area (Å²) in [7, 11) is 0. The molecular formula is C20H20N4O4. The van der Waals surface area contributed by atoms with Gasteiger partial charge in [0.15, 0.2) is 0 Å². The van der Waals surface area contributed by atoms with Crippen molar-refractivity contribution in [2.24, 2.45) is 9.98 Å². The van der Waals surface area contributed by atoms with Crippen molar-refractivity contribution in [2.45, 2.75) is 50.7 Å². The van der Waals surface area contributed by atoms with E-state index in [1.807, 2.05) is 19.1 Å². The molecule has 1 aliphatic carbocycles. The number of aliphatic imine (C=N–C) groups is 2. The lowest BCUT2D eigenvalue weighted by Gasteiger charge is -2.22. The number of benzene rings is 1. The Labute approximate surface area is 161 Å². The van der Waals surface area contributed by atoms with Crippen molar-refractivity contribution >= 4 is 29.8 Å². The number of nitrogens with zero attached hydrogens (tertiary/aromatic N) is 3. The number of imide groups is 1. The van der Waals surface area contributed by atoms with Crippen molar-refractivity contribution in [3.63, 3.8) is 0 Å². The summed E-state index contributed by atoms with van der Waals surface area (Å²) >= 11 is 0. The van der Waals surface area contributed by atoms with Gasteiger partial charge in [0, 0.05) is 16.5 Å². The van der Waals surface area contributed by atoms with Gasteiger partial charge in [0.2, 0.25) is 6.17 Å². The minimum atomic E-state index is -1.24. The minimum absolute atomic E-state index is 0.0199. The van der Waals surface area contributed by atoms with Crippen LogP contribution in [0.2, 0.25) is 0 Å². The number of rotatable bonds is 3. The van der Waals surface area contributed by atoms with Gasteiger partial charge in [-0.3, -0.25) is 14.6 Å². The summed E-state index contributed by atoms with van der Waals surface area (Å²) in [6.07, 6.45) is 2.82. The van der Waals surface area contributed by atoms with E-state index in [1.165, 1.54) is 6.21 Å². The Morgan fingerprint density at radius 1 is 1.29 bits per heavy atom. The van der Waals surface area contributed by atoms with Gasteiger partial charge >= 0.3 is 6.03 Å². The highest BCUT2D eigenvalue weighted by molar-refractivity contribution is 6.42. The lowest BCUT2D eigenvalue weighted by atomic mass is 9.89. The maximum Gasteiger partial charge on any atom is 0.327 e. The summed E-state index contributed by atoms with van der Waals surface area (Å²) in [4.78, 5) is 46.5. The SMILES string of the molecule is CC[C@H]1NC(=O)N(C2N=CC(c3ccc(C)c4c3C3(CC3)CO4)=NC2=O)C1=O. The van der Waals surface area contributed by atoms with E-state index in [0.717, 1.165) is 40.2 Å². The van der Waals surface area contributed by atoms with Crippen LogP contribution in [0.3, 0.4) is 0 Å². The Kier molecular flexibility index (Phi) is 3.50. The van der Waals surface area contributed by atoms with Gasteiger partial charge in [-0.2, -0.15) is 0 Å². The molecule has 3 heterocycles. The minimum Gasteiger partial charge on any atom is -0.492 e. The molecule has 1 saturated carbocycles. The second kappa shape index (κ2) is 5.73. The highest BCUT2D eigenvalue weighted by Gasteiger charge is 2.53. The molecule has 1 aromatic carbocycles. The first-order chi connectivity index (χ1) is 13.4. The van der Waals surface area contributed by atoms with Crippen LogP contribution in [0.25, 0.3) is 0 Å². The van der Waals surface area contributed by atoms with E-state index < -0.39 is 30.1 Å². The van der Waals surface area contributed by atoms with E-state index >= 15 is 0 Å². The van der Waals surface area contributed by atoms with Crippen LogP contribution in [0.5, 0.6) is 5.75 Å². The fourth-order valence-corrected chi connectivity index (χ4v) is 4.21. The van der Waals surface area contributed by atoms with E-state index in [1.54, 1.807) is 6.92 Å². The number of fused-ring (bicyclic) bond motifs is 2. The van der Waals surface area contributed by atoms with Crippen LogP contribution in [0, 0.1) is 6.92 Å². The molecule has 1 spiro atoms. The molecule has 4 aliphatic rings. The van der Waals surface area contributed by atoms with Crippen LogP contribution in [-0.2, 0) is 15.0 Å². The second-order valence-electron chi connectivity index (χ2n) is 7.81. The van der Waals surface area contributed by atoms with Gasteiger partial charge in [-0.05, 0) is 31.7 Å². The summed E-state index contributed by atoms with van der Waals surface area (Å²) < 4.78 is 5.93. The van der Waals surface area contributed by atoms with Crippen molar-refractivity contribution in [3.8, 4) is 5.75 Å². The first-order valence-electron chi connectivity index (χ1n) is 9.52. The fraction of sp³-hybridized carbons (Fsp3) is 0.450. The molecule has 0 radical (unpaired) electrons. The third kappa shape index (κ3) is 2.26. The molecule has 144 valence electrons. The fourth-order valence-electron chi connectivity index (χ4n) is 4.21. The highest BCUT2D eigenvalue weighted by atomic mass is 16.5. The standard InChI is InChI=1S/C20H20N4O4/c1-3-12-18(26)24(19(27)23-12)16-17(25)22-13(8-21-16)11-5-4-10(2)15-14(11)20(6-7-20)9-28-15/h4-5,8,12,16H,3,6-7,9H2,1-2H3,(H,23,27)/t12-,16?/m1/s1. The Balaban J connectivity index is 1.49. The number of amides is 4. The normalized spacial score (nSPS) is 27.0. The molecule has 2 atom stereocenters. The molecule has 4 amide bonds. The second-order valence-corrected chi connectivity index (χ2v) is 7.81. The number of carbonyl (C=O) groups excluding carboxylic acids is 3. The molecule has 5 rings (SSSR count). The Hall–Kier alpha value is -3.03. The van der Waals surface area contributed by atoms with Crippen LogP contribution in [0.1, 0.15) is 42.9 Å². The van der Waals surface area contributed by atoms with Crippen LogP contribution >= 0.6 is 0 Å². The monoisotopic (exact) mass is 380 g/mol. The molecule has 1 aromatic rings. The Morgan fingerprint density at radius 3 is 2.71 bits per heavy atom. The summed E-state index contributed by atoms with van der Waals surface area (Å²) in [5, 5.41) is 2.57. The average Bonchev–Trinajstić information content (AvgIpc) is 3.27. The van der Waals surface area contributed by atoms with Crippen molar-refractivity contribution < 1.29 is 19.1 Å². The third-order valence-corrected chi connectivity index (χ3v) is 6.00. The molecule has 1 unspecified atom stereocenters.